The monoisotopic (exact) mass is 281 g/mol. The van der Waals surface area contributed by atoms with Gasteiger partial charge in [0, 0.05) is 19.1 Å². The minimum absolute atomic E-state index is 0.284. The van der Waals surface area contributed by atoms with E-state index in [0.717, 1.165) is 24.6 Å². The molecule has 2 saturated heterocycles. The van der Waals surface area contributed by atoms with Crippen molar-refractivity contribution in [1.82, 2.24) is 14.9 Å². The predicted molar refractivity (Wildman–Crippen MR) is 77.6 cm³/mol. The van der Waals surface area contributed by atoms with Crippen molar-refractivity contribution >= 4 is 23.1 Å². The molecule has 0 spiro atoms. The van der Waals surface area contributed by atoms with Crippen LogP contribution in [0, 0.1) is 6.92 Å². The standard InChI is InChI=1S/C13H20ClN5/c1-9-11(15)12(17-13(14)16-9)19-7-4-10(8-19)18-5-2-3-6-18/h10H,2-8,15H2,1H3. The number of hydrogen-bond donors (Lipinski definition) is 1. The van der Waals surface area contributed by atoms with Gasteiger partial charge >= 0.3 is 0 Å². The van der Waals surface area contributed by atoms with Crippen LogP contribution in [0.4, 0.5) is 11.5 Å². The lowest BCUT2D eigenvalue weighted by Crippen LogP contribution is -2.35. The van der Waals surface area contributed by atoms with Gasteiger partial charge in [-0.1, -0.05) is 0 Å². The van der Waals surface area contributed by atoms with E-state index in [1.165, 1.54) is 32.4 Å². The van der Waals surface area contributed by atoms with Crippen LogP contribution in [0.2, 0.25) is 5.28 Å². The zero-order chi connectivity index (χ0) is 13.4. The highest BCUT2D eigenvalue weighted by atomic mass is 35.5. The fraction of sp³-hybridized carbons (Fsp3) is 0.692. The maximum atomic E-state index is 6.09. The van der Waals surface area contributed by atoms with Gasteiger partial charge in [-0.15, -0.1) is 0 Å². The topological polar surface area (TPSA) is 58.3 Å². The van der Waals surface area contributed by atoms with Crippen molar-refractivity contribution in [2.45, 2.75) is 32.2 Å². The van der Waals surface area contributed by atoms with Crippen molar-refractivity contribution in [3.63, 3.8) is 0 Å². The van der Waals surface area contributed by atoms with E-state index in [1.807, 2.05) is 6.92 Å². The van der Waals surface area contributed by atoms with Gasteiger partial charge in [0.2, 0.25) is 5.28 Å². The van der Waals surface area contributed by atoms with Crippen LogP contribution in [-0.4, -0.2) is 47.1 Å². The summed E-state index contributed by atoms with van der Waals surface area (Å²) in [7, 11) is 0. The molecule has 5 nitrogen and oxygen atoms in total. The number of anilines is 2. The molecule has 3 heterocycles. The molecule has 0 amide bonds. The first-order valence-corrected chi connectivity index (χ1v) is 7.31. The van der Waals surface area contributed by atoms with Crippen LogP contribution in [-0.2, 0) is 0 Å². The maximum Gasteiger partial charge on any atom is 0.224 e. The van der Waals surface area contributed by atoms with E-state index in [2.05, 4.69) is 19.8 Å². The van der Waals surface area contributed by atoms with Crippen LogP contribution in [0.25, 0.3) is 0 Å². The van der Waals surface area contributed by atoms with Crippen LogP contribution in [0.5, 0.6) is 0 Å². The molecule has 2 fully saturated rings. The predicted octanol–water partition coefficient (Wildman–Crippen LogP) is 1.70. The van der Waals surface area contributed by atoms with Gasteiger partial charge in [-0.05, 0) is 50.9 Å². The lowest BCUT2D eigenvalue weighted by Gasteiger charge is -2.24. The Labute approximate surface area is 118 Å². The summed E-state index contributed by atoms with van der Waals surface area (Å²) < 4.78 is 0. The summed E-state index contributed by atoms with van der Waals surface area (Å²) in [5.41, 5.74) is 7.51. The van der Waals surface area contributed by atoms with Crippen molar-refractivity contribution < 1.29 is 0 Å². The third-order valence-electron chi connectivity index (χ3n) is 4.21. The largest absolute Gasteiger partial charge is 0.394 e. The van der Waals surface area contributed by atoms with Gasteiger partial charge in [-0.2, -0.15) is 4.98 Å². The van der Waals surface area contributed by atoms with Crippen molar-refractivity contribution in [3.8, 4) is 0 Å². The molecule has 2 N–H and O–H groups in total. The minimum atomic E-state index is 0.284. The Morgan fingerprint density at radius 2 is 1.95 bits per heavy atom. The number of halogens is 1. The Kier molecular flexibility index (Phi) is 3.50. The molecule has 104 valence electrons. The highest BCUT2D eigenvalue weighted by molar-refractivity contribution is 6.28. The molecule has 1 aromatic heterocycles. The van der Waals surface area contributed by atoms with E-state index in [1.54, 1.807) is 0 Å². The SMILES string of the molecule is Cc1nc(Cl)nc(N2CCC(N3CCCC3)C2)c1N. The van der Waals surface area contributed by atoms with Crippen molar-refractivity contribution in [1.29, 1.82) is 0 Å². The molecular formula is C13H20ClN5. The van der Waals surface area contributed by atoms with E-state index in [-0.39, 0.29) is 5.28 Å². The molecule has 6 heteroatoms. The third kappa shape index (κ3) is 2.49. The average Bonchev–Trinajstić information content (AvgIpc) is 3.03. The molecule has 0 aliphatic carbocycles. The fourth-order valence-electron chi connectivity index (χ4n) is 3.11. The number of nitrogens with zero attached hydrogens (tertiary/aromatic N) is 4. The molecule has 2 aliphatic heterocycles. The van der Waals surface area contributed by atoms with E-state index in [9.17, 15) is 0 Å². The normalized spacial score (nSPS) is 24.3. The molecule has 1 atom stereocenters. The lowest BCUT2D eigenvalue weighted by molar-refractivity contribution is 0.260. The molecule has 0 saturated carbocycles. The second-order valence-corrected chi connectivity index (χ2v) is 5.78. The number of nitrogens with two attached hydrogens (primary N) is 1. The molecule has 0 bridgehead atoms. The third-order valence-corrected chi connectivity index (χ3v) is 4.38. The molecule has 1 aromatic rings. The Bertz CT molecular complexity index is 472. The first-order valence-electron chi connectivity index (χ1n) is 6.94. The number of aromatic nitrogens is 2. The van der Waals surface area contributed by atoms with Gasteiger partial charge in [-0.3, -0.25) is 4.90 Å². The Hall–Kier alpha value is -1.07. The van der Waals surface area contributed by atoms with Crippen molar-refractivity contribution in [2.24, 2.45) is 0 Å². The highest BCUT2D eigenvalue weighted by Gasteiger charge is 2.31. The van der Waals surface area contributed by atoms with Gasteiger partial charge in [0.25, 0.3) is 0 Å². The van der Waals surface area contributed by atoms with Gasteiger partial charge in [0.05, 0.1) is 11.4 Å². The molecule has 3 rings (SSSR count). The van der Waals surface area contributed by atoms with Crippen LogP contribution in [0.15, 0.2) is 0 Å². The molecule has 0 radical (unpaired) electrons. The van der Waals surface area contributed by atoms with E-state index < -0.39 is 0 Å². The summed E-state index contributed by atoms with van der Waals surface area (Å²) in [4.78, 5) is 13.2. The molecule has 2 aliphatic rings. The summed E-state index contributed by atoms with van der Waals surface area (Å²) in [6.07, 6.45) is 3.84. The lowest BCUT2D eigenvalue weighted by atomic mass is 10.2. The number of rotatable bonds is 2. The number of hydrogen-bond acceptors (Lipinski definition) is 5. The zero-order valence-electron chi connectivity index (χ0n) is 11.3. The Morgan fingerprint density at radius 3 is 2.68 bits per heavy atom. The maximum absolute atomic E-state index is 6.09. The fourth-order valence-corrected chi connectivity index (χ4v) is 3.32. The quantitative estimate of drug-likeness (QED) is 0.836. The number of aryl methyl sites for hydroxylation is 1. The Balaban J connectivity index is 1.77. The summed E-state index contributed by atoms with van der Waals surface area (Å²) in [6, 6.07) is 0.635. The van der Waals surface area contributed by atoms with Gasteiger partial charge < -0.3 is 10.6 Å². The number of likely N-dealkylation sites (tertiary alicyclic amines) is 1. The molecule has 19 heavy (non-hydrogen) atoms. The van der Waals surface area contributed by atoms with E-state index in [4.69, 9.17) is 17.3 Å². The Morgan fingerprint density at radius 1 is 1.21 bits per heavy atom. The van der Waals surface area contributed by atoms with Crippen molar-refractivity contribution in [2.75, 3.05) is 36.8 Å². The first-order chi connectivity index (χ1) is 9.15. The van der Waals surface area contributed by atoms with Gasteiger partial charge in [-0.25, -0.2) is 4.98 Å². The summed E-state index contributed by atoms with van der Waals surface area (Å²) in [5.74, 6) is 0.805. The van der Waals surface area contributed by atoms with E-state index in [0.29, 0.717) is 11.7 Å². The van der Waals surface area contributed by atoms with Crippen LogP contribution < -0.4 is 10.6 Å². The summed E-state index contributed by atoms with van der Waals surface area (Å²) in [6.45, 7) is 6.34. The van der Waals surface area contributed by atoms with Gasteiger partial charge in [0.1, 0.15) is 0 Å². The molecular weight excluding hydrogens is 262 g/mol. The van der Waals surface area contributed by atoms with Crippen LogP contribution >= 0.6 is 11.6 Å². The zero-order valence-corrected chi connectivity index (χ0v) is 12.0. The molecule has 1 unspecified atom stereocenters. The minimum Gasteiger partial charge on any atom is -0.394 e. The average molecular weight is 282 g/mol. The smallest absolute Gasteiger partial charge is 0.224 e. The number of nitrogen functional groups attached to an aromatic ring is 1. The van der Waals surface area contributed by atoms with E-state index >= 15 is 0 Å². The van der Waals surface area contributed by atoms with Crippen LogP contribution in [0.3, 0.4) is 0 Å². The van der Waals surface area contributed by atoms with Crippen LogP contribution in [0.1, 0.15) is 25.0 Å². The summed E-state index contributed by atoms with van der Waals surface area (Å²) >= 11 is 5.95. The van der Waals surface area contributed by atoms with Crippen molar-refractivity contribution in [3.05, 3.63) is 11.0 Å². The highest BCUT2D eigenvalue weighted by Crippen LogP contribution is 2.29. The summed E-state index contributed by atoms with van der Waals surface area (Å²) in [5, 5.41) is 0.284. The molecule has 0 aromatic carbocycles. The van der Waals surface area contributed by atoms with Gasteiger partial charge in [0.15, 0.2) is 5.82 Å². The second-order valence-electron chi connectivity index (χ2n) is 5.45. The second kappa shape index (κ2) is 5.13. The first kappa shape index (κ1) is 12.9.